The Labute approximate surface area is 147 Å². The Bertz CT molecular complexity index is 659. The van der Waals surface area contributed by atoms with Crippen LogP contribution >= 0.6 is 0 Å². The van der Waals surface area contributed by atoms with E-state index in [4.69, 9.17) is 14.2 Å². The fourth-order valence-electron chi connectivity index (χ4n) is 3.01. The van der Waals surface area contributed by atoms with Gasteiger partial charge in [0.1, 0.15) is 18.8 Å². The molecule has 0 unspecified atom stereocenters. The number of cyclic esters (lactones) is 1. The molecule has 0 saturated carbocycles. The molecule has 0 radical (unpaired) electrons. The molecule has 0 aromatic heterocycles. The largest absolute Gasteiger partial charge is 0.488 e. The monoisotopic (exact) mass is 348 g/mol. The molecule has 0 aliphatic carbocycles. The zero-order valence-corrected chi connectivity index (χ0v) is 14.7. The fourth-order valence-corrected chi connectivity index (χ4v) is 3.01. The highest BCUT2D eigenvalue weighted by Crippen LogP contribution is 2.41. The lowest BCUT2D eigenvalue weighted by atomic mass is 10.0. The Morgan fingerprint density at radius 3 is 3.00 bits per heavy atom. The molecule has 2 heterocycles. The summed E-state index contributed by atoms with van der Waals surface area (Å²) in [4.78, 5) is 24.6. The zero-order valence-electron chi connectivity index (χ0n) is 14.7. The first-order valence-electron chi connectivity index (χ1n) is 8.57. The fraction of sp³-hybridized carbons (Fsp3) is 0.556. The van der Waals surface area contributed by atoms with Crippen molar-refractivity contribution in [2.75, 3.05) is 32.8 Å². The van der Waals surface area contributed by atoms with Gasteiger partial charge in [-0.1, -0.05) is 12.1 Å². The summed E-state index contributed by atoms with van der Waals surface area (Å²) in [5, 5.41) is 2.79. The van der Waals surface area contributed by atoms with Gasteiger partial charge < -0.3 is 24.4 Å². The Morgan fingerprint density at radius 2 is 2.24 bits per heavy atom. The van der Waals surface area contributed by atoms with Crippen molar-refractivity contribution in [3.05, 3.63) is 23.8 Å². The highest BCUT2D eigenvalue weighted by molar-refractivity contribution is 5.77. The number of hydrogen-bond acceptors (Lipinski definition) is 5. The van der Waals surface area contributed by atoms with Crippen molar-refractivity contribution >= 4 is 12.0 Å². The molecular formula is C18H24N2O5. The minimum absolute atomic E-state index is 0.112. The maximum atomic E-state index is 11.8. The molecule has 1 aromatic carbocycles. The lowest BCUT2D eigenvalue weighted by molar-refractivity contribution is -0.121. The molecule has 1 fully saturated rings. The van der Waals surface area contributed by atoms with Crippen molar-refractivity contribution in [2.24, 2.45) is 0 Å². The van der Waals surface area contributed by atoms with Crippen LogP contribution in [0.3, 0.4) is 0 Å². The molecule has 25 heavy (non-hydrogen) atoms. The van der Waals surface area contributed by atoms with Gasteiger partial charge in [0.2, 0.25) is 5.91 Å². The molecule has 3 rings (SSSR count). The van der Waals surface area contributed by atoms with E-state index in [-0.39, 0.29) is 24.0 Å². The highest BCUT2D eigenvalue weighted by Gasteiger charge is 2.32. The van der Waals surface area contributed by atoms with Crippen molar-refractivity contribution in [2.45, 2.75) is 32.3 Å². The minimum atomic E-state index is -0.350. The number of carbonyl (C=O) groups is 2. The summed E-state index contributed by atoms with van der Waals surface area (Å²) in [6.07, 6.45) is 0.763. The van der Waals surface area contributed by atoms with Gasteiger partial charge in [-0.05, 0) is 19.9 Å². The number of ether oxygens (including phenoxy) is 3. The van der Waals surface area contributed by atoms with Crippen LogP contribution in [0.4, 0.5) is 4.79 Å². The Kier molecular flexibility index (Phi) is 5.01. The van der Waals surface area contributed by atoms with Crippen LogP contribution < -0.4 is 14.8 Å². The SMILES string of the molecule is CC1(C)Cc2cccc(OCCNC(=O)CCN3CCOC3=O)c2O1. The third-order valence-corrected chi connectivity index (χ3v) is 4.19. The number of rotatable bonds is 7. The van der Waals surface area contributed by atoms with Crippen molar-refractivity contribution < 1.29 is 23.8 Å². The normalized spacial score (nSPS) is 17.7. The van der Waals surface area contributed by atoms with Crippen molar-refractivity contribution in [3.63, 3.8) is 0 Å². The minimum Gasteiger partial charge on any atom is -0.488 e. The molecule has 1 aromatic rings. The average molecular weight is 348 g/mol. The molecule has 2 aliphatic rings. The molecule has 0 atom stereocenters. The molecule has 2 amide bonds. The van der Waals surface area contributed by atoms with Crippen LogP contribution in [0.25, 0.3) is 0 Å². The summed E-state index contributed by atoms with van der Waals surface area (Å²) < 4.78 is 16.5. The summed E-state index contributed by atoms with van der Waals surface area (Å²) in [5.74, 6) is 1.39. The van der Waals surface area contributed by atoms with Crippen LogP contribution in [0.1, 0.15) is 25.8 Å². The highest BCUT2D eigenvalue weighted by atomic mass is 16.6. The number of amides is 2. The average Bonchev–Trinajstić information content (AvgIpc) is 3.11. The van der Waals surface area contributed by atoms with Crippen molar-refractivity contribution in [1.82, 2.24) is 10.2 Å². The van der Waals surface area contributed by atoms with Gasteiger partial charge in [0.15, 0.2) is 11.5 Å². The van der Waals surface area contributed by atoms with Gasteiger partial charge in [0.05, 0.1) is 13.1 Å². The van der Waals surface area contributed by atoms with Crippen molar-refractivity contribution in [3.8, 4) is 11.5 Å². The first-order chi connectivity index (χ1) is 11.9. The molecule has 2 aliphatic heterocycles. The molecule has 1 N–H and O–H groups in total. The summed E-state index contributed by atoms with van der Waals surface area (Å²) in [7, 11) is 0. The second kappa shape index (κ2) is 7.21. The summed E-state index contributed by atoms with van der Waals surface area (Å²) in [6, 6.07) is 5.87. The second-order valence-electron chi connectivity index (χ2n) is 6.83. The summed E-state index contributed by atoms with van der Waals surface area (Å²) in [5.41, 5.74) is 0.927. The van der Waals surface area contributed by atoms with Crippen LogP contribution in [0.2, 0.25) is 0 Å². The quantitative estimate of drug-likeness (QED) is 0.760. The van der Waals surface area contributed by atoms with E-state index in [2.05, 4.69) is 5.32 Å². The third kappa shape index (κ3) is 4.35. The molecule has 7 heteroatoms. The Hall–Kier alpha value is -2.44. The molecular weight excluding hydrogens is 324 g/mol. The topological polar surface area (TPSA) is 77.1 Å². The number of hydrogen-bond donors (Lipinski definition) is 1. The third-order valence-electron chi connectivity index (χ3n) is 4.19. The van der Waals surface area contributed by atoms with Gasteiger partial charge in [-0.3, -0.25) is 4.79 Å². The summed E-state index contributed by atoms with van der Waals surface area (Å²) in [6.45, 7) is 6.17. The summed E-state index contributed by atoms with van der Waals surface area (Å²) >= 11 is 0. The number of para-hydroxylation sites is 1. The van der Waals surface area contributed by atoms with E-state index in [0.29, 0.717) is 38.6 Å². The molecule has 136 valence electrons. The number of carbonyl (C=O) groups excluding carboxylic acids is 2. The smallest absolute Gasteiger partial charge is 0.409 e. The van der Waals surface area contributed by atoms with E-state index in [1.54, 1.807) is 0 Å². The Balaban J connectivity index is 1.39. The van der Waals surface area contributed by atoms with Gasteiger partial charge in [-0.25, -0.2) is 4.79 Å². The van der Waals surface area contributed by atoms with Crippen LogP contribution in [-0.2, 0) is 16.0 Å². The number of fused-ring (bicyclic) bond motifs is 1. The van der Waals surface area contributed by atoms with Crippen LogP contribution in [0.15, 0.2) is 18.2 Å². The second-order valence-corrected chi connectivity index (χ2v) is 6.83. The molecule has 0 bridgehead atoms. The van der Waals surface area contributed by atoms with Crippen LogP contribution in [0, 0.1) is 0 Å². The van der Waals surface area contributed by atoms with E-state index in [9.17, 15) is 9.59 Å². The zero-order chi connectivity index (χ0) is 17.9. The molecule has 0 spiro atoms. The lowest BCUT2D eigenvalue weighted by Gasteiger charge is -2.18. The number of nitrogens with zero attached hydrogens (tertiary/aromatic N) is 1. The van der Waals surface area contributed by atoms with Crippen LogP contribution in [-0.4, -0.2) is 55.3 Å². The van der Waals surface area contributed by atoms with Gasteiger partial charge in [0.25, 0.3) is 0 Å². The van der Waals surface area contributed by atoms with E-state index >= 15 is 0 Å². The maximum absolute atomic E-state index is 11.8. The van der Waals surface area contributed by atoms with Gasteiger partial charge in [-0.2, -0.15) is 0 Å². The van der Waals surface area contributed by atoms with E-state index in [1.807, 2.05) is 32.0 Å². The maximum Gasteiger partial charge on any atom is 0.409 e. The van der Waals surface area contributed by atoms with Gasteiger partial charge in [0, 0.05) is 24.9 Å². The predicted molar refractivity (Wildman–Crippen MR) is 90.9 cm³/mol. The Morgan fingerprint density at radius 1 is 1.40 bits per heavy atom. The van der Waals surface area contributed by atoms with E-state index < -0.39 is 0 Å². The predicted octanol–water partition coefficient (Wildman–Crippen LogP) is 1.74. The van der Waals surface area contributed by atoms with E-state index in [1.165, 1.54) is 4.90 Å². The van der Waals surface area contributed by atoms with Crippen LogP contribution in [0.5, 0.6) is 11.5 Å². The first kappa shape index (κ1) is 17.4. The number of nitrogens with one attached hydrogen (secondary N) is 1. The lowest BCUT2D eigenvalue weighted by Crippen LogP contribution is -2.33. The van der Waals surface area contributed by atoms with Gasteiger partial charge in [-0.15, -0.1) is 0 Å². The molecule has 7 nitrogen and oxygen atoms in total. The first-order valence-corrected chi connectivity index (χ1v) is 8.57. The number of benzene rings is 1. The van der Waals surface area contributed by atoms with Gasteiger partial charge >= 0.3 is 6.09 Å². The standard InChI is InChI=1S/C18H24N2O5/c1-18(2)12-13-4-3-5-14(16(13)25-18)23-10-7-19-15(21)6-8-20-9-11-24-17(20)22/h3-5H,6-12H2,1-2H3,(H,19,21). The van der Waals surface area contributed by atoms with Crippen molar-refractivity contribution in [1.29, 1.82) is 0 Å². The molecule has 1 saturated heterocycles. The van der Waals surface area contributed by atoms with E-state index in [0.717, 1.165) is 17.7 Å².